The molecule has 4 N–H and O–H groups in total. The van der Waals surface area contributed by atoms with Crippen molar-refractivity contribution >= 4 is 23.7 Å². The summed E-state index contributed by atoms with van der Waals surface area (Å²) in [4.78, 5) is 14.3. The largest absolute Gasteiger partial charge is 0.368 e. The quantitative estimate of drug-likeness (QED) is 0.791. The summed E-state index contributed by atoms with van der Waals surface area (Å²) in [5.41, 5.74) is 11.3. The Morgan fingerprint density at radius 3 is 2.41 bits per heavy atom. The minimum Gasteiger partial charge on any atom is -0.368 e. The zero-order chi connectivity index (χ0) is 13.1. The van der Waals surface area contributed by atoms with E-state index in [1.807, 2.05) is 27.9 Å². The minimum atomic E-state index is -0.187. The number of hydrogen-bond acceptors (Lipinski definition) is 7. The fourth-order valence-electron chi connectivity index (χ4n) is 1.10. The average molecular weight is 256 g/mol. The van der Waals surface area contributed by atoms with Gasteiger partial charge in [0.25, 0.3) is 0 Å². The summed E-state index contributed by atoms with van der Waals surface area (Å²) in [6, 6.07) is 0. The van der Waals surface area contributed by atoms with E-state index in [0.717, 1.165) is 5.75 Å². The van der Waals surface area contributed by atoms with Crippen molar-refractivity contribution in [2.75, 3.05) is 30.5 Å². The highest BCUT2D eigenvalue weighted by Crippen LogP contribution is 2.15. The molecule has 0 spiro atoms. The number of nitrogens with two attached hydrogens (primary N) is 2. The van der Waals surface area contributed by atoms with Gasteiger partial charge in [-0.1, -0.05) is 0 Å². The molecule has 0 aliphatic carbocycles. The summed E-state index contributed by atoms with van der Waals surface area (Å²) in [6.07, 6.45) is 0. The monoisotopic (exact) mass is 256 g/mol. The Hall–Kier alpha value is -1.08. The molecule has 17 heavy (non-hydrogen) atoms. The van der Waals surface area contributed by atoms with Gasteiger partial charge in [-0.3, -0.25) is 0 Å². The first-order valence-electron chi connectivity index (χ1n) is 5.32. The van der Waals surface area contributed by atoms with Crippen LogP contribution in [0.15, 0.2) is 0 Å². The summed E-state index contributed by atoms with van der Waals surface area (Å²) in [5, 5.41) is 0. The molecule has 0 atom stereocenters. The first kappa shape index (κ1) is 14.0. The van der Waals surface area contributed by atoms with Gasteiger partial charge in [0, 0.05) is 25.4 Å². The van der Waals surface area contributed by atoms with Crippen molar-refractivity contribution in [1.29, 1.82) is 0 Å². The predicted molar refractivity (Wildman–Crippen MR) is 73.0 cm³/mol. The maximum atomic E-state index is 5.90. The van der Waals surface area contributed by atoms with Gasteiger partial charge >= 0.3 is 0 Å². The van der Waals surface area contributed by atoms with E-state index < -0.39 is 0 Å². The summed E-state index contributed by atoms with van der Waals surface area (Å²) in [5.74, 6) is 3.06. The Morgan fingerprint density at radius 1 is 1.24 bits per heavy atom. The van der Waals surface area contributed by atoms with Gasteiger partial charge in [0.05, 0.1) is 5.75 Å². The molecule has 0 bridgehead atoms. The standard InChI is InChI=1S/C10H20N6S/c1-10(2,12)6-17-5-7-13-8(11)15-9(14-7)16(3)4/h5-6,12H2,1-4H3,(H2,11,13,14,15). The lowest BCUT2D eigenvalue weighted by Gasteiger charge is -2.17. The van der Waals surface area contributed by atoms with Crippen LogP contribution in [0.2, 0.25) is 0 Å². The average Bonchev–Trinajstić information content (AvgIpc) is 2.14. The Labute approximate surface area is 106 Å². The molecule has 0 radical (unpaired) electrons. The van der Waals surface area contributed by atoms with Crippen LogP contribution in [-0.2, 0) is 5.75 Å². The number of rotatable bonds is 5. The highest BCUT2D eigenvalue weighted by atomic mass is 32.2. The van der Waals surface area contributed by atoms with Crippen molar-refractivity contribution in [2.24, 2.45) is 5.73 Å². The van der Waals surface area contributed by atoms with Crippen molar-refractivity contribution in [3.63, 3.8) is 0 Å². The summed E-state index contributed by atoms with van der Waals surface area (Å²) < 4.78 is 0. The Kier molecular flexibility index (Phi) is 4.53. The van der Waals surface area contributed by atoms with E-state index >= 15 is 0 Å². The minimum absolute atomic E-state index is 0.187. The molecule has 0 aromatic carbocycles. The van der Waals surface area contributed by atoms with Crippen molar-refractivity contribution in [3.8, 4) is 0 Å². The van der Waals surface area contributed by atoms with Crippen LogP contribution < -0.4 is 16.4 Å². The first-order valence-corrected chi connectivity index (χ1v) is 6.48. The first-order chi connectivity index (χ1) is 7.78. The van der Waals surface area contributed by atoms with E-state index in [2.05, 4.69) is 15.0 Å². The molecular weight excluding hydrogens is 236 g/mol. The Bertz CT molecular complexity index is 374. The van der Waals surface area contributed by atoms with Crippen LogP contribution in [0.25, 0.3) is 0 Å². The van der Waals surface area contributed by atoms with Crippen LogP contribution in [0.5, 0.6) is 0 Å². The van der Waals surface area contributed by atoms with Gasteiger partial charge in [0.2, 0.25) is 11.9 Å². The second-order valence-electron chi connectivity index (χ2n) is 4.79. The van der Waals surface area contributed by atoms with E-state index in [-0.39, 0.29) is 11.5 Å². The fourth-order valence-corrected chi connectivity index (χ4v) is 2.03. The van der Waals surface area contributed by atoms with Crippen molar-refractivity contribution in [1.82, 2.24) is 15.0 Å². The number of aromatic nitrogens is 3. The Balaban J connectivity index is 2.65. The second kappa shape index (κ2) is 5.50. The van der Waals surface area contributed by atoms with Crippen LogP contribution >= 0.6 is 11.8 Å². The molecule has 0 unspecified atom stereocenters. The number of nitrogens with zero attached hydrogens (tertiary/aromatic N) is 4. The van der Waals surface area contributed by atoms with E-state index in [1.165, 1.54) is 0 Å². The molecule has 0 saturated heterocycles. The van der Waals surface area contributed by atoms with Gasteiger partial charge in [-0.2, -0.15) is 26.7 Å². The highest BCUT2D eigenvalue weighted by Gasteiger charge is 2.12. The van der Waals surface area contributed by atoms with Crippen LogP contribution in [0.4, 0.5) is 11.9 Å². The van der Waals surface area contributed by atoms with Gasteiger partial charge in [0.1, 0.15) is 5.82 Å². The predicted octanol–water partition coefficient (Wildman–Crippen LogP) is 0.490. The third-order valence-corrected chi connectivity index (χ3v) is 3.20. The molecule has 0 saturated carbocycles. The topological polar surface area (TPSA) is 94.0 Å². The normalized spacial score (nSPS) is 11.6. The van der Waals surface area contributed by atoms with Crippen molar-refractivity contribution in [2.45, 2.75) is 25.1 Å². The van der Waals surface area contributed by atoms with Crippen molar-refractivity contribution < 1.29 is 0 Å². The number of thioether (sulfide) groups is 1. The number of nitrogen functional groups attached to an aromatic ring is 1. The summed E-state index contributed by atoms with van der Waals surface area (Å²) >= 11 is 1.69. The zero-order valence-electron chi connectivity index (χ0n) is 10.8. The third-order valence-electron chi connectivity index (χ3n) is 1.79. The maximum Gasteiger partial charge on any atom is 0.229 e. The molecule has 1 aromatic rings. The lowest BCUT2D eigenvalue weighted by Crippen LogP contribution is -2.34. The number of hydrogen-bond donors (Lipinski definition) is 2. The van der Waals surface area contributed by atoms with Crippen LogP contribution in [0.3, 0.4) is 0 Å². The molecule has 96 valence electrons. The van der Waals surface area contributed by atoms with Gasteiger partial charge in [-0.25, -0.2) is 0 Å². The van der Waals surface area contributed by atoms with E-state index in [1.54, 1.807) is 16.7 Å². The van der Waals surface area contributed by atoms with E-state index in [0.29, 0.717) is 17.5 Å². The lowest BCUT2D eigenvalue weighted by molar-refractivity contribution is 0.591. The second-order valence-corrected chi connectivity index (χ2v) is 5.77. The third kappa shape index (κ3) is 5.18. The Morgan fingerprint density at radius 2 is 1.88 bits per heavy atom. The van der Waals surface area contributed by atoms with Crippen LogP contribution in [0, 0.1) is 0 Å². The smallest absolute Gasteiger partial charge is 0.229 e. The van der Waals surface area contributed by atoms with Crippen molar-refractivity contribution in [3.05, 3.63) is 5.82 Å². The zero-order valence-corrected chi connectivity index (χ0v) is 11.6. The van der Waals surface area contributed by atoms with E-state index in [4.69, 9.17) is 11.5 Å². The molecule has 6 nitrogen and oxygen atoms in total. The van der Waals surface area contributed by atoms with E-state index in [9.17, 15) is 0 Å². The molecule has 1 rings (SSSR count). The summed E-state index contributed by atoms with van der Waals surface area (Å²) in [6.45, 7) is 3.99. The molecule has 1 heterocycles. The fraction of sp³-hybridized carbons (Fsp3) is 0.700. The van der Waals surface area contributed by atoms with Gasteiger partial charge in [-0.15, -0.1) is 0 Å². The van der Waals surface area contributed by atoms with Gasteiger partial charge in [-0.05, 0) is 13.8 Å². The molecule has 7 heteroatoms. The molecular formula is C10H20N6S. The van der Waals surface area contributed by atoms with Gasteiger partial charge in [0.15, 0.2) is 0 Å². The molecule has 0 aliphatic heterocycles. The van der Waals surface area contributed by atoms with Crippen LogP contribution in [0.1, 0.15) is 19.7 Å². The maximum absolute atomic E-state index is 5.90. The lowest BCUT2D eigenvalue weighted by atomic mass is 10.1. The van der Waals surface area contributed by atoms with Crippen LogP contribution in [-0.4, -0.2) is 40.3 Å². The summed E-state index contributed by atoms with van der Waals surface area (Å²) in [7, 11) is 3.74. The SMILES string of the molecule is CN(C)c1nc(N)nc(CSCC(C)(C)N)n1. The number of anilines is 2. The van der Waals surface area contributed by atoms with Gasteiger partial charge < -0.3 is 16.4 Å². The molecule has 0 amide bonds. The molecule has 1 aromatic heterocycles. The molecule has 0 aliphatic rings. The molecule has 0 fully saturated rings. The highest BCUT2D eigenvalue weighted by molar-refractivity contribution is 7.98.